The van der Waals surface area contributed by atoms with Gasteiger partial charge in [0.25, 0.3) is 11.5 Å². The smallest absolute Gasteiger partial charge is 0.271 e. The SMILES string of the molecule is CCN(CC)C(=O)C1=C(C)N=c2s/c(=C/c3c(C)n(Cc4ccc(Br)cc4)c4ccccc34)c(=O)n2[C@H]1c1c(OC)ccc2ccccc12. The Kier molecular flexibility index (Phi) is 8.90. The number of rotatable bonds is 8. The van der Waals surface area contributed by atoms with Crippen LogP contribution in [0.15, 0.2) is 110 Å². The summed E-state index contributed by atoms with van der Waals surface area (Å²) in [7, 11) is 1.63. The van der Waals surface area contributed by atoms with Gasteiger partial charge in [0.05, 0.1) is 22.9 Å². The number of carbonyl (C=O) groups is 1. The number of fused-ring (bicyclic) bond motifs is 3. The fraction of sp³-hybridized carbons (Fsp3) is 0.225. The monoisotopic (exact) mass is 732 g/mol. The van der Waals surface area contributed by atoms with Crippen molar-refractivity contribution in [2.45, 2.75) is 40.3 Å². The van der Waals surface area contributed by atoms with Gasteiger partial charge in [-0.3, -0.25) is 14.2 Å². The summed E-state index contributed by atoms with van der Waals surface area (Å²) in [5.74, 6) is 0.483. The number of nitrogens with zero attached hydrogens (tertiary/aromatic N) is 4. The first kappa shape index (κ1) is 32.8. The summed E-state index contributed by atoms with van der Waals surface area (Å²) >= 11 is 4.90. The molecule has 1 amide bonds. The highest BCUT2D eigenvalue weighted by atomic mass is 79.9. The average Bonchev–Trinajstić information content (AvgIpc) is 3.56. The minimum Gasteiger partial charge on any atom is -0.496 e. The molecule has 0 aliphatic carbocycles. The number of ether oxygens (including phenoxy) is 1. The Morgan fingerprint density at radius 3 is 2.37 bits per heavy atom. The fourth-order valence-corrected chi connectivity index (χ4v) is 8.32. The third-order valence-corrected chi connectivity index (χ3v) is 11.0. The Hall–Kier alpha value is -4.73. The topological polar surface area (TPSA) is 68.8 Å². The van der Waals surface area contributed by atoms with Gasteiger partial charge in [-0.15, -0.1) is 0 Å². The largest absolute Gasteiger partial charge is 0.496 e. The normalized spacial score (nSPS) is 14.7. The van der Waals surface area contributed by atoms with Crippen molar-refractivity contribution >= 4 is 60.9 Å². The number of hydrogen-bond acceptors (Lipinski definition) is 5. The molecule has 1 aliphatic heterocycles. The van der Waals surface area contributed by atoms with Crippen molar-refractivity contribution in [2.24, 2.45) is 4.99 Å². The second kappa shape index (κ2) is 13.3. The van der Waals surface area contributed by atoms with E-state index in [9.17, 15) is 9.59 Å². The number of methoxy groups -OCH3 is 1. The molecule has 1 aliphatic rings. The van der Waals surface area contributed by atoms with Crippen LogP contribution < -0.4 is 19.6 Å². The summed E-state index contributed by atoms with van der Waals surface area (Å²) in [5, 5.41) is 3.00. The third-order valence-electron chi connectivity index (χ3n) is 9.54. The first-order chi connectivity index (χ1) is 23.7. The number of carbonyl (C=O) groups excluding carboxylic acids is 1. The van der Waals surface area contributed by atoms with Crippen LogP contribution >= 0.6 is 27.3 Å². The molecule has 0 radical (unpaired) electrons. The van der Waals surface area contributed by atoms with Gasteiger partial charge in [0.2, 0.25) is 0 Å². The van der Waals surface area contributed by atoms with Gasteiger partial charge in [0, 0.05) is 51.8 Å². The second-order valence-electron chi connectivity index (χ2n) is 12.2. The molecular formula is C40H37BrN4O3S. The molecule has 0 saturated carbocycles. The number of para-hydroxylation sites is 1. The van der Waals surface area contributed by atoms with E-state index in [1.165, 1.54) is 16.9 Å². The van der Waals surface area contributed by atoms with Gasteiger partial charge in [0.15, 0.2) is 4.80 Å². The molecule has 248 valence electrons. The van der Waals surface area contributed by atoms with Crippen LogP contribution in [0.3, 0.4) is 0 Å². The highest BCUT2D eigenvalue weighted by Gasteiger charge is 2.36. The number of aromatic nitrogens is 2. The van der Waals surface area contributed by atoms with Gasteiger partial charge in [0.1, 0.15) is 11.8 Å². The lowest BCUT2D eigenvalue weighted by atomic mass is 9.90. The van der Waals surface area contributed by atoms with E-state index in [2.05, 4.69) is 63.8 Å². The Morgan fingerprint density at radius 2 is 1.65 bits per heavy atom. The standard InChI is InChI=1S/C40H37BrN4O3S/c1-6-43(7-2)39(47)35-24(3)42-40-45(37(35)36-29-13-9-8-12-27(29)18-21-33(36)48-5)38(46)34(49-40)22-31-25(4)44(32-15-11-10-14-30(31)32)23-26-16-19-28(41)20-17-26/h8-22,37H,6-7,23H2,1-5H3/b34-22+/t37-/m1/s1. The van der Waals surface area contributed by atoms with Crippen LogP contribution in [0.25, 0.3) is 27.8 Å². The van der Waals surface area contributed by atoms with E-state index in [1.54, 1.807) is 16.6 Å². The molecule has 0 bridgehead atoms. The van der Waals surface area contributed by atoms with Crippen molar-refractivity contribution in [2.75, 3.05) is 20.2 Å². The number of hydrogen-bond donors (Lipinski definition) is 0. The lowest BCUT2D eigenvalue weighted by Crippen LogP contribution is -2.43. The van der Waals surface area contributed by atoms with Crippen LogP contribution in [0.1, 0.15) is 49.2 Å². The van der Waals surface area contributed by atoms with E-state index in [-0.39, 0.29) is 11.5 Å². The van der Waals surface area contributed by atoms with Crippen LogP contribution in [-0.2, 0) is 11.3 Å². The van der Waals surface area contributed by atoms with Gasteiger partial charge >= 0.3 is 0 Å². The number of amides is 1. The van der Waals surface area contributed by atoms with Gasteiger partial charge in [-0.2, -0.15) is 0 Å². The molecule has 0 saturated heterocycles. The van der Waals surface area contributed by atoms with Crippen LogP contribution in [0.2, 0.25) is 0 Å². The fourth-order valence-electron chi connectivity index (χ4n) is 7.03. The molecular weight excluding hydrogens is 696 g/mol. The van der Waals surface area contributed by atoms with Crippen LogP contribution in [0.5, 0.6) is 5.75 Å². The van der Waals surface area contributed by atoms with Crippen LogP contribution in [0.4, 0.5) is 0 Å². The van der Waals surface area contributed by atoms with E-state index in [0.29, 0.717) is 46.0 Å². The Labute approximate surface area is 297 Å². The van der Waals surface area contributed by atoms with Crippen LogP contribution in [0, 0.1) is 6.92 Å². The first-order valence-corrected chi connectivity index (χ1v) is 18.1. The molecule has 6 aromatic rings. The molecule has 7 rings (SSSR count). The zero-order valence-corrected chi connectivity index (χ0v) is 30.6. The number of benzene rings is 4. The van der Waals surface area contributed by atoms with Gasteiger partial charge in [-0.1, -0.05) is 87.9 Å². The quantitative estimate of drug-likeness (QED) is 0.165. The molecule has 7 nitrogen and oxygen atoms in total. The molecule has 2 aromatic heterocycles. The van der Waals surface area contributed by atoms with E-state index < -0.39 is 6.04 Å². The highest BCUT2D eigenvalue weighted by Crippen LogP contribution is 2.40. The molecule has 9 heteroatoms. The summed E-state index contributed by atoms with van der Waals surface area (Å²) in [5.41, 5.74) is 6.02. The minimum atomic E-state index is -0.729. The number of halogens is 1. The van der Waals surface area contributed by atoms with Crippen molar-refractivity contribution in [3.05, 3.63) is 143 Å². The molecule has 0 fully saturated rings. The summed E-state index contributed by atoms with van der Waals surface area (Å²) in [6.45, 7) is 9.70. The molecule has 0 unspecified atom stereocenters. The molecule has 49 heavy (non-hydrogen) atoms. The lowest BCUT2D eigenvalue weighted by molar-refractivity contribution is -0.127. The summed E-state index contributed by atoms with van der Waals surface area (Å²) in [6.07, 6.45) is 2.00. The minimum absolute atomic E-state index is 0.132. The molecule has 1 atom stereocenters. The van der Waals surface area contributed by atoms with Crippen molar-refractivity contribution < 1.29 is 9.53 Å². The Morgan fingerprint density at radius 1 is 0.959 bits per heavy atom. The van der Waals surface area contributed by atoms with E-state index in [4.69, 9.17) is 9.73 Å². The maximum Gasteiger partial charge on any atom is 0.271 e. The Balaban J connectivity index is 1.48. The molecule has 3 heterocycles. The maximum atomic E-state index is 14.8. The third kappa shape index (κ3) is 5.64. The molecule has 4 aromatic carbocycles. The highest BCUT2D eigenvalue weighted by molar-refractivity contribution is 9.10. The van der Waals surface area contributed by atoms with E-state index in [0.717, 1.165) is 43.0 Å². The first-order valence-electron chi connectivity index (χ1n) is 16.4. The number of thiazole rings is 1. The van der Waals surface area contributed by atoms with E-state index >= 15 is 0 Å². The van der Waals surface area contributed by atoms with Crippen molar-refractivity contribution in [1.29, 1.82) is 0 Å². The van der Waals surface area contributed by atoms with Crippen LogP contribution in [-0.4, -0.2) is 40.1 Å². The summed E-state index contributed by atoms with van der Waals surface area (Å²) < 4.78 is 11.6. The summed E-state index contributed by atoms with van der Waals surface area (Å²) in [4.78, 5) is 36.4. The van der Waals surface area contributed by atoms with Gasteiger partial charge in [-0.05, 0) is 74.4 Å². The zero-order valence-electron chi connectivity index (χ0n) is 28.2. The number of likely N-dealkylation sites (N-methyl/N-ethyl adjacent to an activating group) is 1. The summed E-state index contributed by atoms with van der Waals surface area (Å²) in [6, 6.07) is 27.9. The lowest BCUT2D eigenvalue weighted by Gasteiger charge is -2.30. The molecule has 0 N–H and O–H groups in total. The van der Waals surface area contributed by atoms with Gasteiger partial charge < -0.3 is 14.2 Å². The van der Waals surface area contributed by atoms with E-state index in [1.807, 2.05) is 75.4 Å². The predicted octanol–water partition coefficient (Wildman–Crippen LogP) is 7.34. The number of allylic oxidation sites excluding steroid dienone is 1. The van der Waals surface area contributed by atoms with Gasteiger partial charge in [-0.25, -0.2) is 4.99 Å². The average molecular weight is 734 g/mol. The Bertz CT molecular complexity index is 2470. The van der Waals surface area contributed by atoms with Crippen molar-refractivity contribution in [3.8, 4) is 5.75 Å². The zero-order chi connectivity index (χ0) is 34.4. The van der Waals surface area contributed by atoms with Crippen molar-refractivity contribution in [1.82, 2.24) is 14.0 Å². The predicted molar refractivity (Wildman–Crippen MR) is 202 cm³/mol. The van der Waals surface area contributed by atoms with Crippen molar-refractivity contribution in [3.63, 3.8) is 0 Å². The maximum absolute atomic E-state index is 14.8. The molecule has 0 spiro atoms. The second-order valence-corrected chi connectivity index (χ2v) is 14.1.